The maximum Gasteiger partial charge on any atom is 0.321 e. The standard InChI is InChI=1S/C39H52N6O6S/c1-27(2)24-44(52(49,50)30-19-17-29(51-7)18-20-30)25-34(46)32(23-28-13-9-8-10-14-28)41-37(47)36(39(3,4)5)45-22-21-43(38(45)48)26-35-40-31-15-11-12-16-33(31)42(35)6/h8-20,27,32,34,36,46H,21-26H2,1-7H3,(H,41,47)/t32-,34+,36?/m0/s1. The summed E-state index contributed by atoms with van der Waals surface area (Å²) in [5, 5.41) is 14.9. The summed E-state index contributed by atoms with van der Waals surface area (Å²) in [6.07, 6.45) is -1.03. The van der Waals surface area contributed by atoms with Crippen LogP contribution in [0.1, 0.15) is 46.0 Å². The number of nitrogens with zero attached hydrogens (tertiary/aromatic N) is 5. The number of carbonyl (C=O) groups is 2. The zero-order valence-electron chi connectivity index (χ0n) is 31.2. The fourth-order valence-corrected chi connectivity index (χ4v) is 8.44. The Labute approximate surface area is 307 Å². The average Bonchev–Trinajstić information content (AvgIpc) is 3.61. The molecule has 280 valence electrons. The van der Waals surface area contributed by atoms with E-state index >= 15 is 0 Å². The molecule has 1 unspecified atom stereocenters. The predicted octanol–water partition coefficient (Wildman–Crippen LogP) is 4.67. The average molecular weight is 733 g/mol. The Morgan fingerprint density at radius 2 is 1.63 bits per heavy atom. The van der Waals surface area contributed by atoms with E-state index in [1.165, 1.54) is 23.5 Å². The van der Waals surface area contributed by atoms with E-state index in [0.717, 1.165) is 22.4 Å². The van der Waals surface area contributed by atoms with E-state index in [4.69, 9.17) is 9.72 Å². The van der Waals surface area contributed by atoms with Gasteiger partial charge in [0.05, 0.1) is 41.7 Å². The zero-order valence-corrected chi connectivity index (χ0v) is 32.0. The summed E-state index contributed by atoms with van der Waals surface area (Å²) in [5.41, 5.74) is 2.01. The van der Waals surface area contributed by atoms with Gasteiger partial charge in [-0.25, -0.2) is 18.2 Å². The van der Waals surface area contributed by atoms with Crippen molar-refractivity contribution < 1.29 is 27.9 Å². The first kappa shape index (κ1) is 38.8. The Morgan fingerprint density at radius 3 is 2.25 bits per heavy atom. The molecule has 52 heavy (non-hydrogen) atoms. The molecule has 1 aromatic heterocycles. The number of ether oxygens (including phenoxy) is 1. The quantitative estimate of drug-likeness (QED) is 0.181. The molecule has 0 radical (unpaired) electrons. The molecular weight excluding hydrogens is 681 g/mol. The number of aromatic nitrogens is 2. The highest BCUT2D eigenvalue weighted by atomic mass is 32.2. The largest absolute Gasteiger partial charge is 0.497 e. The highest BCUT2D eigenvalue weighted by Gasteiger charge is 2.44. The van der Waals surface area contributed by atoms with Crippen molar-refractivity contribution in [2.45, 2.75) is 70.7 Å². The number of nitrogens with one attached hydrogen (secondary N) is 1. The van der Waals surface area contributed by atoms with Crippen LogP contribution >= 0.6 is 0 Å². The lowest BCUT2D eigenvalue weighted by atomic mass is 9.84. The van der Waals surface area contributed by atoms with Gasteiger partial charge in [0.2, 0.25) is 15.9 Å². The fraction of sp³-hybridized carbons (Fsp3) is 0.462. The highest BCUT2D eigenvalue weighted by Crippen LogP contribution is 2.30. The van der Waals surface area contributed by atoms with Gasteiger partial charge in [0.15, 0.2) is 0 Å². The van der Waals surface area contributed by atoms with Crippen LogP contribution in [0.2, 0.25) is 0 Å². The number of rotatable bonds is 15. The van der Waals surface area contributed by atoms with Gasteiger partial charge in [-0.15, -0.1) is 0 Å². The van der Waals surface area contributed by atoms with E-state index in [-0.39, 0.29) is 36.4 Å². The Kier molecular flexibility index (Phi) is 12.0. The minimum absolute atomic E-state index is 0.0408. The predicted molar refractivity (Wildman–Crippen MR) is 201 cm³/mol. The third-order valence-corrected chi connectivity index (χ3v) is 11.3. The highest BCUT2D eigenvalue weighted by molar-refractivity contribution is 7.89. The minimum atomic E-state index is -4.01. The van der Waals surface area contributed by atoms with Gasteiger partial charge in [-0.2, -0.15) is 4.31 Å². The lowest BCUT2D eigenvalue weighted by molar-refractivity contribution is -0.130. The first-order valence-electron chi connectivity index (χ1n) is 17.7. The van der Waals surface area contributed by atoms with E-state index in [2.05, 4.69) is 5.32 Å². The third-order valence-electron chi connectivity index (χ3n) is 9.47. The molecule has 3 amide bonds. The van der Waals surface area contributed by atoms with E-state index < -0.39 is 39.5 Å². The number of para-hydroxylation sites is 2. The number of sulfonamides is 1. The van der Waals surface area contributed by atoms with Gasteiger partial charge < -0.3 is 29.5 Å². The van der Waals surface area contributed by atoms with E-state index in [1.54, 1.807) is 21.9 Å². The summed E-state index contributed by atoms with van der Waals surface area (Å²) < 4.78 is 36.3. The number of imidazole rings is 1. The second-order valence-corrected chi connectivity index (χ2v) is 16.9. The zero-order chi connectivity index (χ0) is 37.8. The molecule has 0 bridgehead atoms. The molecule has 1 aliphatic rings. The Bertz CT molecular complexity index is 1940. The van der Waals surface area contributed by atoms with Gasteiger partial charge in [0.1, 0.15) is 17.6 Å². The molecule has 1 aliphatic heterocycles. The van der Waals surface area contributed by atoms with E-state index in [0.29, 0.717) is 25.4 Å². The molecule has 4 aromatic rings. The molecule has 3 aromatic carbocycles. The first-order chi connectivity index (χ1) is 24.6. The number of carbonyl (C=O) groups excluding carboxylic acids is 2. The molecule has 1 fully saturated rings. The Hall–Kier alpha value is -4.46. The number of aryl methyl sites for hydroxylation is 1. The van der Waals surface area contributed by atoms with Crippen molar-refractivity contribution in [1.82, 2.24) is 29.0 Å². The topological polar surface area (TPSA) is 137 Å². The van der Waals surface area contributed by atoms with Crippen LogP contribution in [0, 0.1) is 11.3 Å². The molecule has 0 spiro atoms. The lowest BCUT2D eigenvalue weighted by Gasteiger charge is -2.38. The number of fused-ring (bicyclic) bond motifs is 1. The van der Waals surface area contributed by atoms with Crippen LogP contribution in [0.15, 0.2) is 83.8 Å². The van der Waals surface area contributed by atoms with E-state index in [9.17, 15) is 23.1 Å². The molecule has 0 aliphatic carbocycles. The van der Waals surface area contributed by atoms with Gasteiger partial charge >= 0.3 is 6.03 Å². The third kappa shape index (κ3) is 8.76. The van der Waals surface area contributed by atoms with Crippen LogP contribution in [0.3, 0.4) is 0 Å². The summed E-state index contributed by atoms with van der Waals surface area (Å²) in [7, 11) is -0.578. The molecule has 3 atom stereocenters. The molecule has 1 saturated heterocycles. The number of aliphatic hydroxyl groups is 1. The van der Waals surface area contributed by atoms with Crippen molar-refractivity contribution in [1.29, 1.82) is 0 Å². The Morgan fingerprint density at radius 1 is 0.981 bits per heavy atom. The molecule has 2 N–H and O–H groups in total. The second kappa shape index (κ2) is 16.1. The summed E-state index contributed by atoms with van der Waals surface area (Å²) in [6, 6.07) is 21.4. The lowest BCUT2D eigenvalue weighted by Crippen LogP contribution is -2.59. The number of methoxy groups -OCH3 is 1. The number of amides is 3. The SMILES string of the molecule is COc1ccc(S(=O)(=O)N(CC(C)C)C[C@@H](O)[C@H](Cc2ccccc2)NC(=O)C(N2CCN(Cc3nc4ccccc4n3C)C2=O)C(C)(C)C)cc1. The Balaban J connectivity index is 1.39. The van der Waals surface area contributed by atoms with Crippen LogP contribution in [0.25, 0.3) is 11.0 Å². The maximum atomic E-state index is 14.4. The summed E-state index contributed by atoms with van der Waals surface area (Å²) in [4.78, 5) is 36.5. The first-order valence-corrected chi connectivity index (χ1v) is 19.2. The van der Waals surface area contributed by atoms with Crippen LogP contribution in [-0.2, 0) is 34.8 Å². The normalized spacial score (nSPS) is 15.8. The van der Waals surface area contributed by atoms with Crippen molar-refractivity contribution >= 4 is 33.0 Å². The van der Waals surface area contributed by atoms with Crippen molar-refractivity contribution in [3.63, 3.8) is 0 Å². The van der Waals surface area contributed by atoms with Gasteiger partial charge in [-0.3, -0.25) is 4.79 Å². The van der Waals surface area contributed by atoms with Crippen LogP contribution in [-0.4, -0.2) is 101 Å². The van der Waals surface area contributed by atoms with Crippen molar-refractivity contribution in [2.75, 3.05) is 33.3 Å². The van der Waals surface area contributed by atoms with Crippen molar-refractivity contribution in [3.05, 3.63) is 90.3 Å². The second-order valence-electron chi connectivity index (χ2n) is 15.0. The number of hydrogen-bond donors (Lipinski definition) is 2. The van der Waals surface area contributed by atoms with Crippen LogP contribution in [0.4, 0.5) is 4.79 Å². The number of aliphatic hydroxyl groups excluding tert-OH is 1. The maximum absolute atomic E-state index is 14.4. The fourth-order valence-electron chi connectivity index (χ4n) is 6.82. The smallest absolute Gasteiger partial charge is 0.321 e. The monoisotopic (exact) mass is 732 g/mol. The molecule has 0 saturated carbocycles. The number of hydrogen-bond acceptors (Lipinski definition) is 7. The summed E-state index contributed by atoms with van der Waals surface area (Å²) in [6.45, 7) is 10.5. The van der Waals surface area contributed by atoms with Crippen LogP contribution in [0.5, 0.6) is 5.75 Å². The summed E-state index contributed by atoms with van der Waals surface area (Å²) >= 11 is 0. The van der Waals surface area contributed by atoms with Gasteiger partial charge in [0.25, 0.3) is 0 Å². The van der Waals surface area contributed by atoms with Crippen LogP contribution < -0.4 is 10.1 Å². The number of urea groups is 1. The molecule has 2 heterocycles. The van der Waals surface area contributed by atoms with Gasteiger partial charge in [0, 0.05) is 33.2 Å². The molecule has 5 rings (SSSR count). The number of benzene rings is 3. The molecule has 12 nitrogen and oxygen atoms in total. The van der Waals surface area contributed by atoms with Gasteiger partial charge in [-0.05, 0) is 59.7 Å². The van der Waals surface area contributed by atoms with E-state index in [1.807, 2.05) is 101 Å². The van der Waals surface area contributed by atoms with Gasteiger partial charge in [-0.1, -0.05) is 77.1 Å². The van der Waals surface area contributed by atoms with Crippen molar-refractivity contribution in [2.24, 2.45) is 18.4 Å². The minimum Gasteiger partial charge on any atom is -0.497 e. The molecular formula is C39H52N6O6S. The molecule has 13 heteroatoms. The summed E-state index contributed by atoms with van der Waals surface area (Å²) in [5.74, 6) is 0.813. The van der Waals surface area contributed by atoms with Crippen molar-refractivity contribution in [3.8, 4) is 5.75 Å².